The molecule has 0 aromatic rings. The first-order chi connectivity index (χ1) is 8.11. The summed E-state index contributed by atoms with van der Waals surface area (Å²) in [5, 5.41) is 8.91. The van der Waals surface area contributed by atoms with E-state index in [1.54, 1.807) is 0 Å². The first-order valence-corrected chi connectivity index (χ1v) is 6.72. The van der Waals surface area contributed by atoms with Crippen LogP contribution in [0.4, 0.5) is 0 Å². The summed E-state index contributed by atoms with van der Waals surface area (Å²) < 4.78 is 11.7. The highest BCUT2D eigenvalue weighted by Crippen LogP contribution is 2.33. The number of ether oxygens (including phenoxy) is 2. The normalized spacial score (nSPS) is 39.7. The summed E-state index contributed by atoms with van der Waals surface area (Å²) >= 11 is 0. The second kappa shape index (κ2) is 5.65. The highest BCUT2D eigenvalue weighted by molar-refractivity contribution is 4.81. The summed E-state index contributed by atoms with van der Waals surface area (Å²) in [7, 11) is 2.18. The van der Waals surface area contributed by atoms with Crippen LogP contribution in [0.15, 0.2) is 0 Å². The van der Waals surface area contributed by atoms with E-state index in [9.17, 15) is 0 Å². The standard InChI is InChI=1S/C13H25NO3/c1-13(16-10-12(17-13)5-7-15)8-11-4-3-6-14(2)9-11/h11-12,15H,3-10H2,1-2H3. The van der Waals surface area contributed by atoms with Crippen molar-refractivity contribution >= 4 is 0 Å². The second-order valence-electron chi connectivity index (χ2n) is 5.67. The predicted octanol–water partition coefficient (Wildman–Crippen LogP) is 1.23. The minimum absolute atomic E-state index is 0.0753. The van der Waals surface area contributed by atoms with Crippen LogP contribution in [0.5, 0.6) is 0 Å². The van der Waals surface area contributed by atoms with E-state index in [1.807, 2.05) is 6.92 Å². The van der Waals surface area contributed by atoms with Crippen LogP contribution < -0.4 is 0 Å². The average molecular weight is 243 g/mol. The number of hydrogen-bond donors (Lipinski definition) is 1. The molecule has 17 heavy (non-hydrogen) atoms. The van der Waals surface area contributed by atoms with E-state index in [0.717, 1.165) is 13.0 Å². The zero-order valence-corrected chi connectivity index (χ0v) is 11.0. The van der Waals surface area contributed by atoms with Gasteiger partial charge in [-0.2, -0.15) is 0 Å². The molecule has 2 rings (SSSR count). The Balaban J connectivity index is 1.81. The van der Waals surface area contributed by atoms with E-state index < -0.39 is 5.79 Å². The average Bonchev–Trinajstić information content (AvgIpc) is 2.60. The Morgan fingerprint density at radius 3 is 3.00 bits per heavy atom. The van der Waals surface area contributed by atoms with Gasteiger partial charge in [0.15, 0.2) is 5.79 Å². The summed E-state index contributed by atoms with van der Waals surface area (Å²) in [4.78, 5) is 2.39. The zero-order valence-electron chi connectivity index (χ0n) is 11.0. The van der Waals surface area contributed by atoms with Crippen LogP contribution in [-0.4, -0.2) is 55.2 Å². The molecule has 2 aliphatic rings. The highest BCUT2D eigenvalue weighted by atomic mass is 16.7. The molecule has 0 aromatic heterocycles. The number of aliphatic hydroxyl groups excluding tert-OH is 1. The maximum atomic E-state index is 8.91. The molecule has 3 unspecified atom stereocenters. The van der Waals surface area contributed by atoms with Crippen LogP contribution in [0.3, 0.4) is 0 Å². The van der Waals surface area contributed by atoms with Crippen molar-refractivity contribution in [3.63, 3.8) is 0 Å². The molecule has 4 heteroatoms. The summed E-state index contributed by atoms with van der Waals surface area (Å²) in [6.45, 7) is 5.20. The first-order valence-electron chi connectivity index (χ1n) is 6.72. The molecule has 0 amide bonds. The Bertz CT molecular complexity index is 249. The molecule has 0 radical (unpaired) electrons. The monoisotopic (exact) mass is 243 g/mol. The van der Waals surface area contributed by atoms with Gasteiger partial charge in [-0.3, -0.25) is 0 Å². The van der Waals surface area contributed by atoms with Gasteiger partial charge in [-0.15, -0.1) is 0 Å². The van der Waals surface area contributed by atoms with E-state index in [1.165, 1.54) is 19.4 Å². The lowest BCUT2D eigenvalue weighted by molar-refractivity contribution is -0.169. The van der Waals surface area contributed by atoms with Gasteiger partial charge in [-0.25, -0.2) is 0 Å². The molecule has 2 heterocycles. The van der Waals surface area contributed by atoms with Crippen LogP contribution in [0.25, 0.3) is 0 Å². The smallest absolute Gasteiger partial charge is 0.166 e. The molecule has 1 N–H and O–H groups in total. The SMILES string of the molecule is CN1CCCC(CC2(C)OCC(CCO)O2)C1. The van der Waals surface area contributed by atoms with Gasteiger partial charge in [0.05, 0.1) is 12.7 Å². The van der Waals surface area contributed by atoms with Crippen LogP contribution in [0.1, 0.15) is 32.6 Å². The van der Waals surface area contributed by atoms with Crippen LogP contribution in [-0.2, 0) is 9.47 Å². The van der Waals surface area contributed by atoms with Gasteiger partial charge in [0.25, 0.3) is 0 Å². The predicted molar refractivity (Wildman–Crippen MR) is 65.8 cm³/mol. The molecule has 3 atom stereocenters. The van der Waals surface area contributed by atoms with Crippen LogP contribution in [0, 0.1) is 5.92 Å². The van der Waals surface area contributed by atoms with Crippen molar-refractivity contribution in [2.45, 2.75) is 44.5 Å². The molecule has 0 saturated carbocycles. The van der Waals surface area contributed by atoms with Crippen molar-refractivity contribution in [2.75, 3.05) is 33.4 Å². The van der Waals surface area contributed by atoms with Crippen LogP contribution in [0.2, 0.25) is 0 Å². The minimum atomic E-state index is -0.428. The van der Waals surface area contributed by atoms with Crippen molar-refractivity contribution in [2.24, 2.45) is 5.92 Å². The molecule has 100 valence electrons. The molecule has 0 aliphatic carbocycles. The van der Waals surface area contributed by atoms with Gasteiger partial charge in [-0.05, 0) is 45.7 Å². The van der Waals surface area contributed by atoms with E-state index >= 15 is 0 Å². The van der Waals surface area contributed by atoms with E-state index in [2.05, 4.69) is 11.9 Å². The van der Waals surface area contributed by atoms with Crippen molar-refractivity contribution in [1.82, 2.24) is 4.90 Å². The lowest BCUT2D eigenvalue weighted by Gasteiger charge is -2.34. The molecule has 0 spiro atoms. The summed E-state index contributed by atoms with van der Waals surface area (Å²) in [6, 6.07) is 0. The zero-order chi connectivity index (χ0) is 12.3. The quantitative estimate of drug-likeness (QED) is 0.806. The fourth-order valence-electron chi connectivity index (χ4n) is 3.05. The number of aliphatic hydroxyl groups is 1. The third-order valence-corrected chi connectivity index (χ3v) is 3.82. The fourth-order valence-corrected chi connectivity index (χ4v) is 3.05. The Hall–Kier alpha value is -0.160. The molecule has 4 nitrogen and oxygen atoms in total. The third kappa shape index (κ3) is 3.65. The maximum Gasteiger partial charge on any atom is 0.166 e. The number of nitrogens with zero attached hydrogens (tertiary/aromatic N) is 1. The Morgan fingerprint density at radius 1 is 1.47 bits per heavy atom. The summed E-state index contributed by atoms with van der Waals surface area (Å²) in [5.41, 5.74) is 0. The van der Waals surface area contributed by atoms with Crippen molar-refractivity contribution < 1.29 is 14.6 Å². The second-order valence-corrected chi connectivity index (χ2v) is 5.67. The van der Waals surface area contributed by atoms with E-state index in [-0.39, 0.29) is 12.7 Å². The molecule has 0 aromatic carbocycles. The number of hydrogen-bond acceptors (Lipinski definition) is 4. The number of piperidine rings is 1. The largest absolute Gasteiger partial charge is 0.396 e. The molecule has 0 bridgehead atoms. The van der Waals surface area contributed by atoms with Gasteiger partial charge >= 0.3 is 0 Å². The molecule has 2 saturated heterocycles. The van der Waals surface area contributed by atoms with Crippen molar-refractivity contribution in [1.29, 1.82) is 0 Å². The van der Waals surface area contributed by atoms with E-state index in [0.29, 0.717) is 18.9 Å². The summed E-state index contributed by atoms with van der Waals surface area (Å²) in [5.74, 6) is 0.245. The van der Waals surface area contributed by atoms with Gasteiger partial charge in [0.2, 0.25) is 0 Å². The lowest BCUT2D eigenvalue weighted by Crippen LogP contribution is -2.38. The lowest BCUT2D eigenvalue weighted by atomic mass is 9.91. The van der Waals surface area contributed by atoms with Gasteiger partial charge in [0, 0.05) is 19.6 Å². The van der Waals surface area contributed by atoms with Crippen LogP contribution >= 0.6 is 0 Å². The van der Waals surface area contributed by atoms with Gasteiger partial charge in [0.1, 0.15) is 0 Å². The Labute approximate surface area is 104 Å². The van der Waals surface area contributed by atoms with Crippen molar-refractivity contribution in [3.05, 3.63) is 0 Å². The van der Waals surface area contributed by atoms with Crippen molar-refractivity contribution in [3.8, 4) is 0 Å². The van der Waals surface area contributed by atoms with E-state index in [4.69, 9.17) is 14.6 Å². The number of rotatable bonds is 4. The third-order valence-electron chi connectivity index (χ3n) is 3.82. The molecule has 2 aliphatic heterocycles. The fraction of sp³-hybridized carbons (Fsp3) is 1.00. The topological polar surface area (TPSA) is 41.9 Å². The Kier molecular flexibility index (Phi) is 4.42. The minimum Gasteiger partial charge on any atom is -0.396 e. The van der Waals surface area contributed by atoms with Gasteiger partial charge in [-0.1, -0.05) is 0 Å². The van der Waals surface area contributed by atoms with Gasteiger partial charge < -0.3 is 19.5 Å². The maximum absolute atomic E-state index is 8.91. The molecular formula is C13H25NO3. The number of likely N-dealkylation sites (tertiary alicyclic amines) is 1. The molecule has 2 fully saturated rings. The summed E-state index contributed by atoms with van der Waals surface area (Å²) in [6.07, 6.45) is 4.28. The highest BCUT2D eigenvalue weighted by Gasteiger charge is 2.39. The first kappa shape index (κ1) is 13.3. The Morgan fingerprint density at radius 2 is 2.29 bits per heavy atom. The molecular weight excluding hydrogens is 218 g/mol.